The standard InChI is InChI=1S/C18H17NO5S/c1-24-14-10-8-12(9-11-14)15-17(25(2,22)23)16(20)18(21)19(15)13-6-4-3-5-7-13/h3-11,15,20H,1-2H3/t15-/m0/s1. The van der Waals surface area contributed by atoms with E-state index in [1.54, 1.807) is 54.6 Å². The van der Waals surface area contributed by atoms with Crippen LogP contribution < -0.4 is 9.64 Å². The number of hydrogen-bond donors (Lipinski definition) is 1. The topological polar surface area (TPSA) is 83.9 Å². The molecule has 0 fully saturated rings. The fraction of sp³-hybridized carbons (Fsp3) is 0.167. The van der Waals surface area contributed by atoms with Crippen molar-refractivity contribution in [3.63, 3.8) is 0 Å². The third-order valence-corrected chi connectivity index (χ3v) is 5.24. The molecule has 130 valence electrons. The number of sulfone groups is 1. The number of anilines is 1. The molecule has 0 spiro atoms. The second kappa shape index (κ2) is 6.25. The van der Waals surface area contributed by atoms with Crippen LogP contribution in [0.4, 0.5) is 5.69 Å². The van der Waals surface area contributed by atoms with E-state index in [9.17, 15) is 18.3 Å². The van der Waals surface area contributed by atoms with Gasteiger partial charge in [-0.1, -0.05) is 30.3 Å². The summed E-state index contributed by atoms with van der Waals surface area (Å²) in [5.41, 5.74) is 1.06. The minimum absolute atomic E-state index is 0.300. The first-order valence-corrected chi connectivity index (χ1v) is 9.39. The van der Waals surface area contributed by atoms with E-state index in [1.807, 2.05) is 0 Å². The third kappa shape index (κ3) is 2.98. The molecule has 0 aliphatic carbocycles. The maximum absolute atomic E-state index is 12.6. The van der Waals surface area contributed by atoms with E-state index in [-0.39, 0.29) is 4.91 Å². The fourth-order valence-corrected chi connectivity index (χ4v) is 3.99. The number of carbonyl (C=O) groups is 1. The van der Waals surface area contributed by atoms with Crippen molar-refractivity contribution in [2.75, 3.05) is 18.3 Å². The van der Waals surface area contributed by atoms with Crippen LogP contribution in [-0.4, -0.2) is 32.8 Å². The number of hydrogen-bond acceptors (Lipinski definition) is 5. The number of para-hydroxylation sites is 1. The number of carbonyl (C=O) groups excluding carboxylic acids is 1. The van der Waals surface area contributed by atoms with E-state index in [4.69, 9.17) is 4.74 Å². The van der Waals surface area contributed by atoms with Crippen LogP contribution in [0, 0.1) is 0 Å². The molecule has 3 rings (SSSR count). The molecule has 7 heteroatoms. The van der Waals surface area contributed by atoms with Gasteiger partial charge in [-0.25, -0.2) is 8.42 Å². The molecule has 0 radical (unpaired) electrons. The molecule has 0 saturated carbocycles. The summed E-state index contributed by atoms with van der Waals surface area (Å²) in [7, 11) is -2.28. The Hall–Kier alpha value is -2.80. The summed E-state index contributed by atoms with van der Waals surface area (Å²) in [5, 5.41) is 10.2. The number of rotatable bonds is 4. The van der Waals surface area contributed by atoms with E-state index in [0.717, 1.165) is 6.26 Å². The van der Waals surface area contributed by atoms with Crippen molar-refractivity contribution in [3.8, 4) is 5.75 Å². The zero-order chi connectivity index (χ0) is 18.2. The summed E-state index contributed by atoms with van der Waals surface area (Å²) in [6.07, 6.45) is 0.983. The summed E-state index contributed by atoms with van der Waals surface area (Å²) in [6.45, 7) is 0. The van der Waals surface area contributed by atoms with Gasteiger partial charge < -0.3 is 9.84 Å². The van der Waals surface area contributed by atoms with Crippen LogP contribution in [0.3, 0.4) is 0 Å². The van der Waals surface area contributed by atoms with Crippen LogP contribution >= 0.6 is 0 Å². The van der Waals surface area contributed by atoms with Gasteiger partial charge in [0.05, 0.1) is 7.11 Å². The van der Waals surface area contributed by atoms with E-state index < -0.39 is 27.5 Å². The number of benzene rings is 2. The highest BCUT2D eigenvalue weighted by atomic mass is 32.2. The van der Waals surface area contributed by atoms with Crippen molar-refractivity contribution >= 4 is 21.4 Å². The van der Waals surface area contributed by atoms with Crippen molar-refractivity contribution in [2.24, 2.45) is 0 Å². The first kappa shape index (κ1) is 17.0. The van der Waals surface area contributed by atoms with Crippen LogP contribution in [0.2, 0.25) is 0 Å². The monoisotopic (exact) mass is 359 g/mol. The second-order valence-corrected chi connectivity index (χ2v) is 7.66. The molecule has 1 N–H and O–H groups in total. The quantitative estimate of drug-likeness (QED) is 0.907. The van der Waals surface area contributed by atoms with Gasteiger partial charge in [-0.15, -0.1) is 0 Å². The Labute approximate surface area is 145 Å². The highest BCUT2D eigenvalue weighted by Crippen LogP contribution is 2.42. The minimum atomic E-state index is -3.80. The average Bonchev–Trinajstić information content (AvgIpc) is 2.87. The normalized spacial score (nSPS) is 17.9. The van der Waals surface area contributed by atoms with Crippen LogP contribution in [0.15, 0.2) is 65.3 Å². The van der Waals surface area contributed by atoms with Crippen LogP contribution in [0.1, 0.15) is 11.6 Å². The van der Waals surface area contributed by atoms with Crippen molar-refractivity contribution < 1.29 is 23.1 Å². The highest BCUT2D eigenvalue weighted by Gasteiger charge is 2.45. The summed E-state index contributed by atoms with van der Waals surface area (Å²) in [4.78, 5) is 13.6. The van der Waals surface area contributed by atoms with E-state index in [1.165, 1.54) is 12.0 Å². The maximum atomic E-state index is 12.6. The lowest BCUT2D eigenvalue weighted by molar-refractivity contribution is -0.117. The predicted octanol–water partition coefficient (Wildman–Crippen LogP) is 2.60. The Morgan fingerprint density at radius 2 is 1.64 bits per heavy atom. The number of aliphatic hydroxyl groups excluding tert-OH is 1. The van der Waals surface area contributed by atoms with Crippen molar-refractivity contribution in [3.05, 3.63) is 70.8 Å². The van der Waals surface area contributed by atoms with Gasteiger partial charge in [-0.05, 0) is 29.8 Å². The summed E-state index contributed by atoms with van der Waals surface area (Å²) >= 11 is 0. The highest BCUT2D eigenvalue weighted by molar-refractivity contribution is 7.94. The number of aliphatic hydroxyl groups is 1. The molecule has 1 aliphatic heterocycles. The summed E-state index contributed by atoms with van der Waals surface area (Å²) in [5.74, 6) is -0.881. The molecule has 0 unspecified atom stereocenters. The second-order valence-electron chi connectivity index (χ2n) is 5.67. The molecule has 1 amide bonds. The predicted molar refractivity (Wildman–Crippen MR) is 94.2 cm³/mol. The molecular weight excluding hydrogens is 342 g/mol. The van der Waals surface area contributed by atoms with E-state index in [0.29, 0.717) is 17.0 Å². The molecular formula is C18H17NO5S. The zero-order valence-electron chi connectivity index (χ0n) is 13.7. The lowest BCUT2D eigenvalue weighted by Gasteiger charge is -2.26. The largest absolute Gasteiger partial charge is 0.502 e. The summed E-state index contributed by atoms with van der Waals surface area (Å²) < 4.78 is 29.6. The van der Waals surface area contributed by atoms with Gasteiger partial charge in [0, 0.05) is 11.9 Å². The molecule has 0 bridgehead atoms. The molecule has 1 atom stereocenters. The van der Waals surface area contributed by atoms with Gasteiger partial charge in [-0.2, -0.15) is 0 Å². The maximum Gasteiger partial charge on any atom is 0.295 e. The van der Waals surface area contributed by atoms with Crippen LogP contribution in [0.5, 0.6) is 5.75 Å². The van der Waals surface area contributed by atoms with Crippen molar-refractivity contribution in [1.29, 1.82) is 0 Å². The Kier molecular flexibility index (Phi) is 4.26. The van der Waals surface area contributed by atoms with Gasteiger partial charge in [0.1, 0.15) is 16.7 Å². The lowest BCUT2D eigenvalue weighted by Crippen LogP contribution is -2.30. The lowest BCUT2D eigenvalue weighted by atomic mass is 10.1. The molecule has 6 nitrogen and oxygen atoms in total. The molecule has 0 aromatic heterocycles. The molecule has 0 saturated heterocycles. The molecule has 2 aromatic rings. The Morgan fingerprint density at radius 1 is 1.04 bits per heavy atom. The van der Waals surface area contributed by atoms with Gasteiger partial charge in [0.15, 0.2) is 15.6 Å². The van der Waals surface area contributed by atoms with Crippen LogP contribution in [0.25, 0.3) is 0 Å². The molecule has 1 heterocycles. The van der Waals surface area contributed by atoms with E-state index in [2.05, 4.69) is 0 Å². The Bertz CT molecular complexity index is 933. The zero-order valence-corrected chi connectivity index (χ0v) is 14.5. The van der Waals surface area contributed by atoms with Gasteiger partial charge in [0.25, 0.3) is 5.91 Å². The third-order valence-electron chi connectivity index (χ3n) is 4.03. The molecule has 25 heavy (non-hydrogen) atoms. The molecule has 2 aromatic carbocycles. The first-order chi connectivity index (χ1) is 11.8. The number of amides is 1. The Balaban J connectivity index is 2.20. The molecule has 1 aliphatic rings. The smallest absolute Gasteiger partial charge is 0.295 e. The van der Waals surface area contributed by atoms with Crippen molar-refractivity contribution in [1.82, 2.24) is 0 Å². The minimum Gasteiger partial charge on any atom is -0.502 e. The number of methoxy groups -OCH3 is 1. The SMILES string of the molecule is COc1ccc([C@H]2C(S(C)(=O)=O)=C(O)C(=O)N2c2ccccc2)cc1. The number of nitrogens with zero attached hydrogens (tertiary/aromatic N) is 1. The Morgan fingerprint density at radius 3 is 2.16 bits per heavy atom. The van der Waals surface area contributed by atoms with Crippen LogP contribution in [-0.2, 0) is 14.6 Å². The van der Waals surface area contributed by atoms with Gasteiger partial charge in [-0.3, -0.25) is 9.69 Å². The fourth-order valence-electron chi connectivity index (χ4n) is 2.90. The first-order valence-electron chi connectivity index (χ1n) is 7.50. The van der Waals surface area contributed by atoms with Gasteiger partial charge in [0.2, 0.25) is 0 Å². The average molecular weight is 359 g/mol. The summed E-state index contributed by atoms with van der Waals surface area (Å²) in [6, 6.07) is 14.4. The van der Waals surface area contributed by atoms with Crippen molar-refractivity contribution in [2.45, 2.75) is 6.04 Å². The van der Waals surface area contributed by atoms with E-state index >= 15 is 0 Å². The number of ether oxygens (including phenoxy) is 1. The van der Waals surface area contributed by atoms with Gasteiger partial charge >= 0.3 is 0 Å².